The van der Waals surface area contributed by atoms with Gasteiger partial charge >= 0.3 is 0 Å². The van der Waals surface area contributed by atoms with E-state index in [9.17, 15) is 0 Å². The van der Waals surface area contributed by atoms with Crippen LogP contribution >= 0.6 is 0 Å². The smallest absolute Gasteiger partial charge is 0.261 e. The van der Waals surface area contributed by atoms with E-state index in [0.29, 0.717) is 18.1 Å². The Balaban J connectivity index is 1.52. The molecule has 0 aromatic carbocycles. The zero-order chi connectivity index (χ0) is 16.4. The molecule has 2 aromatic heterocycles. The van der Waals surface area contributed by atoms with Gasteiger partial charge in [0.15, 0.2) is 0 Å². The van der Waals surface area contributed by atoms with E-state index in [1.165, 1.54) is 19.2 Å². The number of rotatable bonds is 6. The van der Waals surface area contributed by atoms with Crippen LogP contribution in [0.2, 0.25) is 0 Å². The lowest BCUT2D eigenvalue weighted by Gasteiger charge is -2.14. The van der Waals surface area contributed by atoms with Crippen LogP contribution in [-0.4, -0.2) is 45.0 Å². The molecule has 7 nitrogen and oxygen atoms in total. The molecule has 0 amide bonds. The average Bonchev–Trinajstić information content (AvgIpc) is 3.33. The van der Waals surface area contributed by atoms with Gasteiger partial charge in [-0.15, -0.1) is 0 Å². The van der Waals surface area contributed by atoms with Crippen LogP contribution in [0.15, 0.2) is 12.5 Å². The van der Waals surface area contributed by atoms with Gasteiger partial charge in [0.25, 0.3) is 5.88 Å². The number of imidazole rings is 1. The molecule has 0 N–H and O–H groups in total. The van der Waals surface area contributed by atoms with Crippen LogP contribution in [0.5, 0.6) is 5.88 Å². The highest BCUT2D eigenvalue weighted by molar-refractivity contribution is 5.49. The fraction of sp³-hybridized carbons (Fsp3) is 0.706. The predicted octanol–water partition coefficient (Wildman–Crippen LogP) is 2.70. The predicted molar refractivity (Wildman–Crippen MR) is 87.0 cm³/mol. The minimum atomic E-state index is -0.000290. The van der Waals surface area contributed by atoms with Gasteiger partial charge in [0, 0.05) is 6.61 Å². The Morgan fingerprint density at radius 1 is 1.21 bits per heavy atom. The second kappa shape index (κ2) is 7.03. The standard InChI is InChI=1S/C17H24N4O3/c1-2-22-10-13-7-8-15(23-13)14-9-18-16-17(19-11-20-21(14)16)24-12-5-3-4-6-12/h9,11-13,15H,2-8,10H2,1H3/t13-,15+/m0/s1. The molecule has 24 heavy (non-hydrogen) atoms. The average molecular weight is 332 g/mol. The van der Waals surface area contributed by atoms with Crippen molar-refractivity contribution in [1.82, 2.24) is 19.6 Å². The number of hydrogen-bond acceptors (Lipinski definition) is 6. The molecule has 2 aromatic rings. The third kappa shape index (κ3) is 3.10. The summed E-state index contributed by atoms with van der Waals surface area (Å²) in [4.78, 5) is 8.78. The zero-order valence-electron chi connectivity index (χ0n) is 14.1. The summed E-state index contributed by atoms with van der Waals surface area (Å²) in [7, 11) is 0. The molecule has 7 heteroatoms. The molecular weight excluding hydrogens is 308 g/mol. The first-order valence-corrected chi connectivity index (χ1v) is 8.93. The molecular formula is C17H24N4O3. The van der Waals surface area contributed by atoms with E-state index >= 15 is 0 Å². The normalized spacial score (nSPS) is 24.9. The van der Waals surface area contributed by atoms with E-state index in [1.807, 2.05) is 17.6 Å². The Kier molecular flexibility index (Phi) is 4.62. The van der Waals surface area contributed by atoms with Crippen molar-refractivity contribution in [1.29, 1.82) is 0 Å². The first kappa shape index (κ1) is 15.8. The Morgan fingerprint density at radius 3 is 2.92 bits per heavy atom. The van der Waals surface area contributed by atoms with Gasteiger partial charge in [-0.3, -0.25) is 0 Å². The van der Waals surface area contributed by atoms with Gasteiger partial charge in [0.05, 0.1) is 24.6 Å². The van der Waals surface area contributed by atoms with Crippen molar-refractivity contribution in [3.63, 3.8) is 0 Å². The summed E-state index contributed by atoms with van der Waals surface area (Å²) in [5.74, 6) is 0.576. The summed E-state index contributed by atoms with van der Waals surface area (Å²) in [5, 5.41) is 4.36. The fourth-order valence-electron chi connectivity index (χ4n) is 3.58. The summed E-state index contributed by atoms with van der Waals surface area (Å²) in [6.45, 7) is 3.36. The first-order chi connectivity index (χ1) is 11.8. The maximum absolute atomic E-state index is 6.10. The highest BCUT2D eigenvalue weighted by Crippen LogP contribution is 2.34. The molecule has 2 aliphatic rings. The van der Waals surface area contributed by atoms with Crippen LogP contribution in [-0.2, 0) is 9.47 Å². The van der Waals surface area contributed by atoms with E-state index in [4.69, 9.17) is 14.2 Å². The third-order valence-corrected chi connectivity index (χ3v) is 4.82. The number of aromatic nitrogens is 4. The third-order valence-electron chi connectivity index (χ3n) is 4.82. The molecule has 1 saturated heterocycles. The Labute approximate surface area is 141 Å². The summed E-state index contributed by atoms with van der Waals surface area (Å²) < 4.78 is 19.4. The Morgan fingerprint density at radius 2 is 2.08 bits per heavy atom. The molecule has 2 atom stereocenters. The molecule has 4 rings (SSSR count). The van der Waals surface area contributed by atoms with Crippen LogP contribution < -0.4 is 4.74 Å². The van der Waals surface area contributed by atoms with Gasteiger partial charge in [-0.1, -0.05) is 0 Å². The summed E-state index contributed by atoms with van der Waals surface area (Å²) >= 11 is 0. The summed E-state index contributed by atoms with van der Waals surface area (Å²) in [5.41, 5.74) is 1.64. The van der Waals surface area contributed by atoms with Crippen LogP contribution in [0.3, 0.4) is 0 Å². The molecule has 130 valence electrons. The van der Waals surface area contributed by atoms with Gasteiger partial charge in [0.2, 0.25) is 5.65 Å². The van der Waals surface area contributed by atoms with Crippen molar-refractivity contribution in [3.8, 4) is 5.88 Å². The lowest BCUT2D eigenvalue weighted by atomic mass is 10.1. The van der Waals surface area contributed by atoms with E-state index < -0.39 is 0 Å². The first-order valence-electron chi connectivity index (χ1n) is 8.93. The lowest BCUT2D eigenvalue weighted by Crippen LogP contribution is -2.16. The molecule has 3 heterocycles. The van der Waals surface area contributed by atoms with E-state index in [-0.39, 0.29) is 18.3 Å². The summed E-state index contributed by atoms with van der Waals surface area (Å²) in [6.07, 6.45) is 10.4. The molecule has 0 radical (unpaired) electrons. The topological polar surface area (TPSA) is 70.8 Å². The second-order valence-electron chi connectivity index (χ2n) is 6.49. The van der Waals surface area contributed by atoms with E-state index in [1.54, 1.807) is 0 Å². The molecule has 1 aliphatic heterocycles. The lowest BCUT2D eigenvalue weighted by molar-refractivity contribution is -0.0147. The van der Waals surface area contributed by atoms with Crippen molar-refractivity contribution >= 4 is 5.65 Å². The minimum Gasteiger partial charge on any atom is -0.472 e. The Bertz CT molecular complexity index is 684. The molecule has 1 saturated carbocycles. The maximum atomic E-state index is 6.10. The second-order valence-corrected chi connectivity index (χ2v) is 6.49. The van der Waals surface area contributed by atoms with Crippen LogP contribution in [0, 0.1) is 0 Å². The van der Waals surface area contributed by atoms with E-state index in [0.717, 1.165) is 38.0 Å². The maximum Gasteiger partial charge on any atom is 0.261 e. The quantitative estimate of drug-likeness (QED) is 0.810. The van der Waals surface area contributed by atoms with Crippen molar-refractivity contribution in [2.75, 3.05) is 13.2 Å². The molecule has 0 bridgehead atoms. The number of fused-ring (bicyclic) bond motifs is 1. The van der Waals surface area contributed by atoms with Gasteiger partial charge in [-0.05, 0) is 45.4 Å². The molecule has 0 unspecified atom stereocenters. The highest BCUT2D eigenvalue weighted by Gasteiger charge is 2.30. The monoisotopic (exact) mass is 332 g/mol. The molecule has 1 aliphatic carbocycles. The fourth-order valence-corrected chi connectivity index (χ4v) is 3.58. The SMILES string of the molecule is CCOC[C@@H]1CC[C@H](c2cnc3c(OC4CCCC4)ncnn23)O1. The van der Waals surface area contributed by atoms with E-state index in [2.05, 4.69) is 15.1 Å². The zero-order valence-corrected chi connectivity index (χ0v) is 14.1. The van der Waals surface area contributed by atoms with Gasteiger partial charge < -0.3 is 14.2 Å². The number of ether oxygens (including phenoxy) is 3. The number of nitrogens with zero attached hydrogens (tertiary/aromatic N) is 4. The van der Waals surface area contributed by atoms with Crippen molar-refractivity contribution < 1.29 is 14.2 Å². The van der Waals surface area contributed by atoms with Crippen LogP contribution in [0.4, 0.5) is 0 Å². The number of hydrogen-bond donors (Lipinski definition) is 0. The van der Waals surface area contributed by atoms with Crippen molar-refractivity contribution in [3.05, 3.63) is 18.2 Å². The molecule has 0 spiro atoms. The van der Waals surface area contributed by atoms with Crippen LogP contribution in [0.25, 0.3) is 5.65 Å². The van der Waals surface area contributed by atoms with Gasteiger partial charge in [-0.2, -0.15) is 10.1 Å². The largest absolute Gasteiger partial charge is 0.472 e. The summed E-state index contributed by atoms with van der Waals surface area (Å²) in [6, 6.07) is 0. The minimum absolute atomic E-state index is 0.000290. The Hall–Kier alpha value is -1.73. The van der Waals surface area contributed by atoms with Crippen molar-refractivity contribution in [2.24, 2.45) is 0 Å². The molecule has 2 fully saturated rings. The van der Waals surface area contributed by atoms with Gasteiger partial charge in [-0.25, -0.2) is 9.50 Å². The van der Waals surface area contributed by atoms with Crippen LogP contribution in [0.1, 0.15) is 57.2 Å². The van der Waals surface area contributed by atoms with Gasteiger partial charge in [0.1, 0.15) is 18.5 Å². The van der Waals surface area contributed by atoms with Crippen molar-refractivity contribution in [2.45, 2.75) is 63.8 Å². The highest BCUT2D eigenvalue weighted by atomic mass is 16.5.